The van der Waals surface area contributed by atoms with Crippen molar-refractivity contribution in [2.24, 2.45) is 0 Å². The van der Waals surface area contributed by atoms with E-state index in [4.69, 9.17) is 18.6 Å². The van der Waals surface area contributed by atoms with Gasteiger partial charge in [0.1, 0.15) is 29.8 Å². The summed E-state index contributed by atoms with van der Waals surface area (Å²) in [5, 5.41) is 39.7. The Labute approximate surface area is 176 Å². The predicted octanol–water partition coefficient (Wildman–Crippen LogP) is 0.0968. The first-order valence-corrected chi connectivity index (χ1v) is 9.35. The first kappa shape index (κ1) is 22.5. The fourth-order valence-corrected chi connectivity index (χ4v) is 2.98. The number of rotatable bonds is 6. The third-order valence-corrected chi connectivity index (χ3v) is 4.62. The van der Waals surface area contributed by atoms with Gasteiger partial charge >= 0.3 is 5.97 Å². The maximum atomic E-state index is 12.2. The molecular formula is C21H22O10. The van der Waals surface area contributed by atoms with Crippen LogP contribution < -0.4 is 10.2 Å². The minimum absolute atomic E-state index is 0.0715. The molecule has 1 aromatic carbocycles. The zero-order valence-corrected chi connectivity index (χ0v) is 16.5. The van der Waals surface area contributed by atoms with Gasteiger partial charge in [-0.2, -0.15) is 0 Å². The van der Waals surface area contributed by atoms with E-state index >= 15 is 0 Å². The van der Waals surface area contributed by atoms with Crippen LogP contribution in [-0.4, -0.2) is 63.7 Å². The molecule has 0 spiro atoms. The molecule has 0 aliphatic carbocycles. The number of ether oxygens (including phenoxy) is 3. The van der Waals surface area contributed by atoms with Gasteiger partial charge in [0.15, 0.2) is 6.10 Å². The van der Waals surface area contributed by atoms with Crippen LogP contribution in [0, 0.1) is 6.92 Å². The van der Waals surface area contributed by atoms with Gasteiger partial charge in [0, 0.05) is 12.1 Å². The third-order valence-electron chi connectivity index (χ3n) is 4.62. The molecule has 10 heteroatoms. The first-order chi connectivity index (χ1) is 14.8. The largest absolute Gasteiger partial charge is 0.508 e. The van der Waals surface area contributed by atoms with Gasteiger partial charge in [-0.05, 0) is 30.7 Å². The number of carbonyl (C=O) groups excluding carboxylic acids is 1. The molecule has 4 N–H and O–H groups in total. The lowest BCUT2D eigenvalue weighted by Gasteiger charge is -2.41. The van der Waals surface area contributed by atoms with Crippen LogP contribution in [0.5, 0.6) is 11.5 Å². The summed E-state index contributed by atoms with van der Waals surface area (Å²) in [5.74, 6) is -0.874. The summed E-state index contributed by atoms with van der Waals surface area (Å²) in [4.78, 5) is 24.1. The average molecular weight is 434 g/mol. The molecule has 3 rings (SSSR count). The van der Waals surface area contributed by atoms with E-state index < -0.39 is 48.7 Å². The lowest BCUT2D eigenvalue weighted by Crippen LogP contribution is -2.61. The van der Waals surface area contributed by atoms with Crippen molar-refractivity contribution in [3.63, 3.8) is 0 Å². The summed E-state index contributed by atoms with van der Waals surface area (Å²) in [6.45, 7) is 0.808. The van der Waals surface area contributed by atoms with Crippen LogP contribution in [0.4, 0.5) is 0 Å². The summed E-state index contributed by atoms with van der Waals surface area (Å²) < 4.78 is 21.0. The number of phenolic OH excluding ortho intramolecular Hbond substituents is 1. The third kappa shape index (κ3) is 5.30. The van der Waals surface area contributed by atoms with E-state index in [1.807, 2.05) is 0 Å². The number of benzene rings is 1. The molecule has 0 unspecified atom stereocenters. The highest BCUT2D eigenvalue weighted by Gasteiger charge is 2.47. The molecule has 0 amide bonds. The number of carbonyl (C=O) groups is 1. The topological polar surface area (TPSA) is 156 Å². The maximum absolute atomic E-state index is 12.2. The van der Waals surface area contributed by atoms with Gasteiger partial charge in [-0.15, -0.1) is 0 Å². The lowest BCUT2D eigenvalue weighted by molar-refractivity contribution is -0.280. The van der Waals surface area contributed by atoms with Crippen LogP contribution in [0.1, 0.15) is 11.3 Å². The molecule has 5 atom stereocenters. The summed E-state index contributed by atoms with van der Waals surface area (Å²) in [6.07, 6.45) is -3.82. The van der Waals surface area contributed by atoms with E-state index in [-0.39, 0.29) is 17.3 Å². The quantitative estimate of drug-likeness (QED) is 0.363. The number of hydrogen-bond acceptors (Lipinski definition) is 10. The number of phenols is 1. The SMILES string of the molecule is Cc1occc(=O)c1O[C@@H]1O[C@H](CO)[C@@H](OC(=O)/C=C/c2ccc(O)cc2)[C@H](O)[C@H]1O. The highest BCUT2D eigenvalue weighted by Crippen LogP contribution is 2.26. The molecule has 0 bridgehead atoms. The Morgan fingerprint density at radius 2 is 1.87 bits per heavy atom. The molecule has 10 nitrogen and oxygen atoms in total. The maximum Gasteiger partial charge on any atom is 0.331 e. The zero-order chi connectivity index (χ0) is 22.5. The second-order valence-corrected chi connectivity index (χ2v) is 6.82. The molecule has 1 fully saturated rings. The standard InChI is InChI=1S/C21H22O10/c1-11-19(14(24)8-9-28-11)31-21-18(27)17(26)20(15(10-22)29-21)30-16(25)7-4-12-2-5-13(23)6-3-12/h2-9,15,17-18,20-23,26-27H,10H2,1H3/b7-4+/t15-,17-,18-,20-,21+/m1/s1. The predicted molar refractivity (Wildman–Crippen MR) is 105 cm³/mol. The Balaban J connectivity index is 1.69. The summed E-state index contributed by atoms with van der Waals surface area (Å²) in [7, 11) is 0. The van der Waals surface area contributed by atoms with Crippen LogP contribution in [-0.2, 0) is 14.3 Å². The molecule has 0 saturated carbocycles. The van der Waals surface area contributed by atoms with Crippen LogP contribution in [0.15, 0.2) is 51.9 Å². The molecule has 1 aliphatic heterocycles. The summed E-state index contributed by atoms with van der Waals surface area (Å²) in [5.41, 5.74) is 0.0852. The van der Waals surface area contributed by atoms with Gasteiger partial charge in [0.2, 0.25) is 17.5 Å². The molecule has 166 valence electrons. The zero-order valence-electron chi connectivity index (χ0n) is 16.5. The van der Waals surface area contributed by atoms with Crippen LogP contribution in [0.25, 0.3) is 6.08 Å². The van der Waals surface area contributed by atoms with Crippen molar-refractivity contribution in [2.75, 3.05) is 6.61 Å². The van der Waals surface area contributed by atoms with Gasteiger partial charge in [-0.1, -0.05) is 12.1 Å². The van der Waals surface area contributed by atoms with Crippen LogP contribution in [0.3, 0.4) is 0 Å². The van der Waals surface area contributed by atoms with Gasteiger partial charge in [0.05, 0.1) is 12.9 Å². The van der Waals surface area contributed by atoms with Crippen molar-refractivity contribution in [1.82, 2.24) is 0 Å². The smallest absolute Gasteiger partial charge is 0.331 e. The van der Waals surface area contributed by atoms with Crippen molar-refractivity contribution in [1.29, 1.82) is 0 Å². The van der Waals surface area contributed by atoms with E-state index in [2.05, 4.69) is 0 Å². The van der Waals surface area contributed by atoms with Crippen molar-refractivity contribution in [3.05, 3.63) is 64.2 Å². The first-order valence-electron chi connectivity index (χ1n) is 9.35. The number of aliphatic hydroxyl groups excluding tert-OH is 3. The molecular weight excluding hydrogens is 412 g/mol. The highest BCUT2D eigenvalue weighted by atomic mass is 16.7. The number of aryl methyl sites for hydroxylation is 1. The fourth-order valence-electron chi connectivity index (χ4n) is 2.98. The van der Waals surface area contributed by atoms with Crippen LogP contribution in [0.2, 0.25) is 0 Å². The highest BCUT2D eigenvalue weighted by molar-refractivity contribution is 5.87. The number of aliphatic hydroxyl groups is 3. The Hall–Kier alpha value is -3.18. The van der Waals surface area contributed by atoms with Gasteiger partial charge in [-0.3, -0.25) is 4.79 Å². The van der Waals surface area contributed by atoms with Crippen molar-refractivity contribution in [2.45, 2.75) is 37.6 Å². The molecule has 0 radical (unpaired) electrons. The summed E-state index contributed by atoms with van der Waals surface area (Å²) >= 11 is 0. The van der Waals surface area contributed by atoms with Gasteiger partial charge in [-0.25, -0.2) is 4.79 Å². The number of esters is 1. The minimum Gasteiger partial charge on any atom is -0.508 e. The average Bonchev–Trinajstić information content (AvgIpc) is 2.75. The van der Waals surface area contributed by atoms with E-state index in [1.165, 1.54) is 31.4 Å². The Bertz CT molecular complexity index is 978. The molecule has 1 aromatic heterocycles. The molecule has 1 saturated heterocycles. The van der Waals surface area contributed by atoms with Gasteiger partial charge in [0.25, 0.3) is 0 Å². The van der Waals surface area contributed by atoms with E-state index in [0.717, 1.165) is 12.1 Å². The lowest BCUT2D eigenvalue weighted by atomic mass is 9.99. The van der Waals surface area contributed by atoms with Gasteiger partial charge < -0.3 is 39.1 Å². The van der Waals surface area contributed by atoms with Crippen molar-refractivity contribution >= 4 is 12.0 Å². The van der Waals surface area contributed by atoms with E-state index in [1.54, 1.807) is 12.1 Å². The Kier molecular flexibility index (Phi) is 7.08. The molecule has 31 heavy (non-hydrogen) atoms. The minimum atomic E-state index is -1.69. The van der Waals surface area contributed by atoms with Crippen LogP contribution >= 0.6 is 0 Å². The normalized spacial score (nSPS) is 26.0. The fraction of sp³-hybridized carbons (Fsp3) is 0.333. The molecule has 2 heterocycles. The monoisotopic (exact) mass is 434 g/mol. The van der Waals surface area contributed by atoms with Crippen molar-refractivity contribution < 1.29 is 43.8 Å². The Morgan fingerprint density at radius 3 is 2.52 bits per heavy atom. The molecule has 1 aliphatic rings. The summed E-state index contributed by atoms with van der Waals surface area (Å²) in [6, 6.07) is 7.14. The molecule has 2 aromatic rings. The van der Waals surface area contributed by atoms with Crippen molar-refractivity contribution in [3.8, 4) is 11.5 Å². The Morgan fingerprint density at radius 1 is 1.16 bits per heavy atom. The number of aromatic hydroxyl groups is 1. The van der Waals surface area contributed by atoms with E-state index in [9.17, 15) is 30.0 Å². The van der Waals surface area contributed by atoms with E-state index in [0.29, 0.717) is 5.56 Å². The second-order valence-electron chi connectivity index (χ2n) is 6.82. The number of hydrogen-bond donors (Lipinski definition) is 4. The second kappa shape index (κ2) is 9.75.